The second-order valence-corrected chi connectivity index (χ2v) is 9.73. The number of carbonyl (C=O) groups excluding carboxylic acids is 3. The Bertz CT molecular complexity index is 1430. The lowest BCUT2D eigenvalue weighted by Gasteiger charge is -2.35. The van der Waals surface area contributed by atoms with Crippen molar-refractivity contribution in [3.05, 3.63) is 88.6 Å². The van der Waals surface area contributed by atoms with Gasteiger partial charge in [0, 0.05) is 42.4 Å². The van der Waals surface area contributed by atoms with Crippen LogP contribution in [0.15, 0.2) is 66.9 Å². The van der Waals surface area contributed by atoms with Crippen LogP contribution < -0.4 is 16.0 Å². The van der Waals surface area contributed by atoms with Gasteiger partial charge in [-0.25, -0.2) is 14.6 Å². The third-order valence-electron chi connectivity index (χ3n) is 6.68. The van der Waals surface area contributed by atoms with Crippen LogP contribution >= 0.6 is 11.6 Å². The number of halogens is 1. The van der Waals surface area contributed by atoms with E-state index >= 15 is 0 Å². The van der Waals surface area contributed by atoms with Crippen LogP contribution in [0.5, 0.6) is 0 Å². The molecule has 1 aromatic heterocycles. The summed E-state index contributed by atoms with van der Waals surface area (Å²) in [6, 6.07) is 15.9. The van der Waals surface area contributed by atoms with Crippen LogP contribution in [0.4, 0.5) is 21.1 Å². The Labute approximate surface area is 228 Å². The number of benzene rings is 2. The Kier molecular flexibility index (Phi) is 7.07. The maximum Gasteiger partial charge on any atom is 0.413 e. The van der Waals surface area contributed by atoms with Gasteiger partial charge in [0.25, 0.3) is 5.91 Å². The molecule has 200 valence electrons. The van der Waals surface area contributed by atoms with Crippen LogP contribution in [0.2, 0.25) is 5.02 Å². The first-order valence-electron chi connectivity index (χ1n) is 12.1. The fraction of sp³-hybridized carbons (Fsp3) is 0.222. The van der Waals surface area contributed by atoms with E-state index in [-0.39, 0.29) is 31.0 Å². The summed E-state index contributed by atoms with van der Waals surface area (Å²) in [4.78, 5) is 55.9. The fourth-order valence-corrected chi connectivity index (χ4v) is 5.01. The maximum atomic E-state index is 13.8. The Morgan fingerprint density at radius 2 is 1.90 bits per heavy atom. The average molecular weight is 550 g/mol. The minimum absolute atomic E-state index is 0.0744. The number of nitrogens with one attached hydrogen (secondary N) is 3. The van der Waals surface area contributed by atoms with E-state index in [4.69, 9.17) is 21.4 Å². The molecule has 39 heavy (non-hydrogen) atoms. The SMILES string of the molecule is O=C(O)Nc1ccc(C(=O)N[C@@H](Cc2ccccc2)C(=O)N2CC[C@]3(C2)OC(=O)Nc2ncc(Cl)cc23)cc1. The highest BCUT2D eigenvalue weighted by atomic mass is 35.5. The van der Waals surface area contributed by atoms with Crippen molar-refractivity contribution in [2.24, 2.45) is 0 Å². The zero-order valence-electron chi connectivity index (χ0n) is 20.5. The van der Waals surface area contributed by atoms with E-state index in [1.54, 1.807) is 11.0 Å². The van der Waals surface area contributed by atoms with Gasteiger partial charge in [-0.2, -0.15) is 0 Å². The molecule has 0 aliphatic carbocycles. The molecule has 4 N–H and O–H groups in total. The van der Waals surface area contributed by atoms with Crippen molar-refractivity contribution in [2.45, 2.75) is 24.5 Å². The number of nitrogens with zero attached hydrogens (tertiary/aromatic N) is 2. The number of amides is 4. The van der Waals surface area contributed by atoms with Crippen LogP contribution in [0.25, 0.3) is 0 Å². The molecule has 4 amide bonds. The molecule has 1 fully saturated rings. The fourth-order valence-electron chi connectivity index (χ4n) is 4.85. The Morgan fingerprint density at radius 1 is 1.15 bits per heavy atom. The normalized spacial score (nSPS) is 18.5. The number of pyridine rings is 1. The largest absolute Gasteiger partial charge is 0.465 e. The number of hydrogen-bond donors (Lipinski definition) is 4. The number of aromatic nitrogens is 1. The molecule has 2 aromatic carbocycles. The molecule has 0 saturated carbocycles. The first kappa shape index (κ1) is 26.0. The summed E-state index contributed by atoms with van der Waals surface area (Å²) in [6.45, 7) is 0.361. The first-order valence-corrected chi connectivity index (χ1v) is 12.5. The predicted molar refractivity (Wildman–Crippen MR) is 142 cm³/mol. The lowest BCUT2D eigenvalue weighted by molar-refractivity contribution is -0.133. The third-order valence-corrected chi connectivity index (χ3v) is 6.89. The summed E-state index contributed by atoms with van der Waals surface area (Å²) in [5, 5.41) is 16.8. The van der Waals surface area contributed by atoms with Crippen LogP contribution in [-0.2, 0) is 21.6 Å². The van der Waals surface area contributed by atoms with Crippen molar-refractivity contribution >= 4 is 47.1 Å². The van der Waals surface area contributed by atoms with Crippen molar-refractivity contribution in [1.82, 2.24) is 15.2 Å². The monoisotopic (exact) mass is 549 g/mol. The molecular weight excluding hydrogens is 526 g/mol. The number of hydrogen-bond acceptors (Lipinski definition) is 6. The van der Waals surface area contributed by atoms with Crippen LogP contribution in [0.3, 0.4) is 0 Å². The lowest BCUT2D eigenvalue weighted by Crippen LogP contribution is -2.50. The van der Waals surface area contributed by atoms with Crippen molar-refractivity contribution < 1.29 is 29.0 Å². The summed E-state index contributed by atoms with van der Waals surface area (Å²) in [5.41, 5.74) is 0.894. The lowest BCUT2D eigenvalue weighted by atomic mass is 9.92. The minimum Gasteiger partial charge on any atom is -0.465 e. The smallest absolute Gasteiger partial charge is 0.413 e. The van der Waals surface area contributed by atoms with Gasteiger partial charge >= 0.3 is 12.2 Å². The van der Waals surface area contributed by atoms with Crippen LogP contribution in [0.1, 0.15) is 27.9 Å². The van der Waals surface area contributed by atoms with Crippen LogP contribution in [0, 0.1) is 0 Å². The molecule has 0 radical (unpaired) electrons. The molecule has 0 unspecified atom stereocenters. The topological polar surface area (TPSA) is 150 Å². The Hall–Kier alpha value is -4.64. The summed E-state index contributed by atoms with van der Waals surface area (Å²) in [5.74, 6) is -0.492. The Balaban J connectivity index is 1.37. The van der Waals surface area contributed by atoms with Crippen LogP contribution in [-0.4, -0.2) is 58.1 Å². The molecule has 2 aliphatic rings. The van der Waals surface area contributed by atoms with Gasteiger partial charge in [-0.05, 0) is 35.9 Å². The number of likely N-dealkylation sites (tertiary alicyclic amines) is 1. The zero-order chi connectivity index (χ0) is 27.6. The van der Waals surface area contributed by atoms with E-state index in [9.17, 15) is 19.2 Å². The highest BCUT2D eigenvalue weighted by molar-refractivity contribution is 6.30. The molecular formula is C27H24ClN5O6. The molecule has 11 nitrogen and oxygen atoms in total. The van der Waals surface area contributed by atoms with Gasteiger partial charge in [0.2, 0.25) is 5.91 Å². The standard InChI is InChI=1S/C27H24ClN5O6/c28-18-13-20-22(29-14-18)32-26(38)39-27(20)10-11-33(15-27)24(35)21(12-16-4-2-1-3-5-16)31-23(34)17-6-8-19(9-7-17)30-25(36)37/h1-9,13-14,21,30H,10-12,15H2,(H,31,34)(H,36,37)(H,29,32,38)/t21-,27+/m0/s1. The van der Waals surface area contributed by atoms with Crippen molar-refractivity contribution in [3.63, 3.8) is 0 Å². The summed E-state index contributed by atoms with van der Waals surface area (Å²) in [7, 11) is 0. The van der Waals surface area contributed by atoms with Gasteiger partial charge in [-0.1, -0.05) is 41.9 Å². The second-order valence-electron chi connectivity index (χ2n) is 9.29. The molecule has 3 heterocycles. The molecule has 2 atom stereocenters. The molecule has 1 spiro atoms. The van der Waals surface area contributed by atoms with Gasteiger partial charge in [-0.15, -0.1) is 0 Å². The molecule has 1 saturated heterocycles. The van der Waals surface area contributed by atoms with E-state index in [0.29, 0.717) is 28.5 Å². The number of rotatable bonds is 6. The zero-order valence-corrected chi connectivity index (χ0v) is 21.3. The van der Waals surface area contributed by atoms with E-state index in [2.05, 4.69) is 20.9 Å². The number of anilines is 2. The number of carbonyl (C=O) groups is 4. The predicted octanol–water partition coefficient (Wildman–Crippen LogP) is 3.86. The quantitative estimate of drug-likeness (QED) is 0.364. The van der Waals surface area contributed by atoms with Crippen molar-refractivity contribution in [1.29, 1.82) is 0 Å². The molecule has 0 bridgehead atoms. The summed E-state index contributed by atoms with van der Waals surface area (Å²) in [6.07, 6.45) is 0.114. The molecule has 3 aromatic rings. The number of fused-ring (bicyclic) bond motifs is 2. The van der Waals surface area contributed by atoms with E-state index in [1.807, 2.05) is 30.3 Å². The average Bonchev–Trinajstić information content (AvgIpc) is 3.33. The molecule has 12 heteroatoms. The van der Waals surface area contributed by atoms with Gasteiger partial charge < -0.3 is 20.1 Å². The second kappa shape index (κ2) is 10.6. The van der Waals surface area contributed by atoms with E-state index in [0.717, 1.165) is 5.56 Å². The van der Waals surface area contributed by atoms with Gasteiger partial charge in [0.1, 0.15) is 11.9 Å². The molecule has 2 aliphatic heterocycles. The maximum absolute atomic E-state index is 13.8. The third kappa shape index (κ3) is 5.63. The van der Waals surface area contributed by atoms with Crippen molar-refractivity contribution in [2.75, 3.05) is 23.7 Å². The molecule has 5 rings (SSSR count). The van der Waals surface area contributed by atoms with Gasteiger partial charge in [-0.3, -0.25) is 20.2 Å². The van der Waals surface area contributed by atoms with E-state index in [1.165, 1.54) is 30.5 Å². The first-order chi connectivity index (χ1) is 18.7. The number of carboxylic acid groups (broad SMARTS) is 1. The van der Waals surface area contributed by atoms with E-state index < -0.39 is 29.7 Å². The van der Waals surface area contributed by atoms with Gasteiger partial charge in [0.05, 0.1) is 11.6 Å². The minimum atomic E-state index is -1.22. The van der Waals surface area contributed by atoms with Crippen molar-refractivity contribution in [3.8, 4) is 0 Å². The summed E-state index contributed by atoms with van der Waals surface area (Å²) >= 11 is 6.17. The highest BCUT2D eigenvalue weighted by Crippen LogP contribution is 2.43. The highest BCUT2D eigenvalue weighted by Gasteiger charge is 2.50. The van der Waals surface area contributed by atoms with Gasteiger partial charge in [0.15, 0.2) is 5.60 Å². The Morgan fingerprint density at radius 3 is 2.62 bits per heavy atom. The number of ether oxygens (including phenoxy) is 1. The summed E-state index contributed by atoms with van der Waals surface area (Å²) < 4.78 is 5.71.